The molecule has 1 saturated heterocycles. The van der Waals surface area contributed by atoms with Crippen LogP contribution in [0, 0.1) is 0 Å². The Hall–Kier alpha value is -1.42. The molecule has 2 aromatic heterocycles. The van der Waals surface area contributed by atoms with Crippen molar-refractivity contribution in [3.8, 4) is 0 Å². The molecule has 30 heavy (non-hydrogen) atoms. The summed E-state index contributed by atoms with van der Waals surface area (Å²) in [5.74, 6) is 1.74. The third kappa shape index (κ3) is 5.43. The molecule has 0 aromatic carbocycles. The second kappa shape index (κ2) is 11.3. The van der Waals surface area contributed by atoms with Gasteiger partial charge in [-0.15, -0.1) is 34.2 Å². The number of nitrogens with one attached hydrogen (secondary N) is 2. The number of hydrogen-bond donors (Lipinski definition) is 2. The number of piperidine rings is 1. The van der Waals surface area contributed by atoms with Crippen LogP contribution in [0.2, 0.25) is 0 Å². The van der Waals surface area contributed by atoms with Crippen LogP contribution in [0.1, 0.15) is 64.1 Å². The van der Waals surface area contributed by atoms with Crippen molar-refractivity contribution in [3.63, 3.8) is 0 Å². The second-order valence-corrected chi connectivity index (χ2v) is 8.43. The molecule has 1 aliphatic carbocycles. The summed E-state index contributed by atoms with van der Waals surface area (Å²) in [6.07, 6.45) is 12.7. The molecule has 7 nitrogen and oxygen atoms in total. The Bertz CT molecular complexity index is 807. The number of aromatic nitrogens is 3. The van der Waals surface area contributed by atoms with Crippen LogP contribution < -0.4 is 10.6 Å². The van der Waals surface area contributed by atoms with Crippen molar-refractivity contribution in [2.24, 2.45) is 4.99 Å². The Kier molecular flexibility index (Phi) is 8.73. The van der Waals surface area contributed by atoms with Gasteiger partial charge in [0.2, 0.25) is 0 Å². The number of hydrogen-bond acceptors (Lipinski definition) is 4. The maximum Gasteiger partial charge on any atom is 0.191 e. The molecule has 2 aromatic rings. The molecule has 0 atom stereocenters. The normalized spacial score (nSPS) is 20.0. The third-order valence-corrected chi connectivity index (χ3v) is 6.50. The summed E-state index contributed by atoms with van der Waals surface area (Å²) in [4.78, 5) is 7.60. The van der Waals surface area contributed by atoms with Gasteiger partial charge in [0.25, 0.3) is 0 Å². The highest BCUT2D eigenvalue weighted by atomic mass is 127. The van der Waals surface area contributed by atoms with E-state index in [1.165, 1.54) is 64.5 Å². The lowest BCUT2D eigenvalue weighted by Gasteiger charge is -2.48. The summed E-state index contributed by atoms with van der Waals surface area (Å²) in [6.45, 7) is 6.95. The smallest absolute Gasteiger partial charge is 0.191 e. The average Bonchev–Trinajstić information content (AvgIpc) is 3.20. The Morgan fingerprint density at radius 3 is 2.57 bits per heavy atom. The summed E-state index contributed by atoms with van der Waals surface area (Å²) >= 11 is 0. The van der Waals surface area contributed by atoms with Gasteiger partial charge in [0.1, 0.15) is 6.54 Å². The van der Waals surface area contributed by atoms with Gasteiger partial charge in [-0.1, -0.05) is 31.7 Å². The molecule has 3 heterocycles. The molecule has 2 aliphatic rings. The van der Waals surface area contributed by atoms with Crippen LogP contribution in [-0.4, -0.2) is 57.2 Å². The molecule has 0 spiro atoms. The van der Waals surface area contributed by atoms with Crippen molar-refractivity contribution >= 4 is 35.6 Å². The molecule has 1 saturated carbocycles. The van der Waals surface area contributed by atoms with Crippen molar-refractivity contribution in [1.29, 1.82) is 0 Å². The first kappa shape index (κ1) is 23.2. The molecule has 0 amide bonds. The molecule has 8 heteroatoms. The monoisotopic (exact) mass is 525 g/mol. The van der Waals surface area contributed by atoms with Crippen LogP contribution in [0.4, 0.5) is 0 Å². The van der Waals surface area contributed by atoms with Gasteiger partial charge in [-0.2, -0.15) is 0 Å². The van der Waals surface area contributed by atoms with Gasteiger partial charge in [-0.3, -0.25) is 9.30 Å². The predicted octanol–water partition coefficient (Wildman–Crippen LogP) is 3.59. The maximum absolute atomic E-state index is 4.82. The Balaban J connectivity index is 0.00000256. The Morgan fingerprint density at radius 2 is 1.80 bits per heavy atom. The summed E-state index contributed by atoms with van der Waals surface area (Å²) < 4.78 is 2.00. The first-order valence-corrected chi connectivity index (χ1v) is 11.4. The highest BCUT2D eigenvalue weighted by Crippen LogP contribution is 2.35. The summed E-state index contributed by atoms with van der Waals surface area (Å²) in [6, 6.07) is 5.94. The maximum atomic E-state index is 4.82. The zero-order chi connectivity index (χ0) is 19.9. The van der Waals surface area contributed by atoms with Crippen molar-refractivity contribution in [2.75, 3.05) is 26.2 Å². The minimum absolute atomic E-state index is 0. The fourth-order valence-electron chi connectivity index (χ4n) is 4.92. The molecular formula is C22H36IN7. The fourth-order valence-corrected chi connectivity index (χ4v) is 4.92. The van der Waals surface area contributed by atoms with Gasteiger partial charge in [0.05, 0.1) is 0 Å². The molecule has 0 bridgehead atoms. The number of guanidine groups is 1. The number of aliphatic imine (C=N–C) groups is 1. The predicted molar refractivity (Wildman–Crippen MR) is 132 cm³/mol. The number of rotatable bonds is 6. The third-order valence-electron chi connectivity index (χ3n) is 6.50. The number of halogens is 1. The van der Waals surface area contributed by atoms with Crippen LogP contribution in [0.5, 0.6) is 0 Å². The average molecular weight is 525 g/mol. The van der Waals surface area contributed by atoms with Gasteiger partial charge in [0.15, 0.2) is 17.4 Å². The number of nitrogens with zero attached hydrogens (tertiary/aromatic N) is 5. The first-order valence-electron chi connectivity index (χ1n) is 11.4. The van der Waals surface area contributed by atoms with Crippen molar-refractivity contribution in [1.82, 2.24) is 30.1 Å². The van der Waals surface area contributed by atoms with E-state index >= 15 is 0 Å². The molecule has 0 radical (unpaired) electrons. The van der Waals surface area contributed by atoms with Gasteiger partial charge in [-0.25, -0.2) is 4.99 Å². The number of fused-ring (bicyclic) bond motifs is 1. The Morgan fingerprint density at radius 1 is 1.03 bits per heavy atom. The van der Waals surface area contributed by atoms with Crippen LogP contribution in [0.25, 0.3) is 5.65 Å². The van der Waals surface area contributed by atoms with Crippen molar-refractivity contribution in [2.45, 2.75) is 70.4 Å². The zero-order valence-electron chi connectivity index (χ0n) is 18.1. The minimum Gasteiger partial charge on any atom is -0.357 e. The minimum atomic E-state index is 0. The lowest BCUT2D eigenvalue weighted by Crippen LogP contribution is -2.59. The lowest BCUT2D eigenvalue weighted by atomic mass is 9.79. The van der Waals surface area contributed by atoms with E-state index in [0.717, 1.165) is 30.5 Å². The van der Waals surface area contributed by atoms with Gasteiger partial charge < -0.3 is 10.6 Å². The Labute approximate surface area is 197 Å². The van der Waals surface area contributed by atoms with Crippen molar-refractivity contribution < 1.29 is 0 Å². The molecular weight excluding hydrogens is 489 g/mol. The fraction of sp³-hybridized carbons (Fsp3) is 0.682. The van der Waals surface area contributed by atoms with E-state index in [9.17, 15) is 0 Å². The lowest BCUT2D eigenvalue weighted by molar-refractivity contribution is 0.0368. The molecule has 1 aliphatic heterocycles. The van der Waals surface area contributed by atoms with Crippen molar-refractivity contribution in [3.05, 3.63) is 30.2 Å². The topological polar surface area (TPSA) is 69.8 Å². The molecule has 4 rings (SSSR count). The molecule has 166 valence electrons. The van der Waals surface area contributed by atoms with E-state index in [-0.39, 0.29) is 29.5 Å². The van der Waals surface area contributed by atoms with Crippen LogP contribution in [-0.2, 0) is 6.54 Å². The SMILES string of the molecule is CCNC(=NCc1nnc2ccccn12)NCC1(N2CCCCC2)CCCCC1.I. The molecule has 0 unspecified atom stereocenters. The number of likely N-dealkylation sites (tertiary alicyclic amines) is 1. The largest absolute Gasteiger partial charge is 0.357 e. The zero-order valence-corrected chi connectivity index (χ0v) is 20.5. The first-order chi connectivity index (χ1) is 14.3. The van der Waals surface area contributed by atoms with Gasteiger partial charge >= 0.3 is 0 Å². The van der Waals surface area contributed by atoms with E-state index in [1.807, 2.05) is 28.8 Å². The summed E-state index contributed by atoms with van der Waals surface area (Å²) in [7, 11) is 0. The van der Waals surface area contributed by atoms with Crippen LogP contribution in [0.3, 0.4) is 0 Å². The van der Waals surface area contributed by atoms with Gasteiger partial charge in [-0.05, 0) is 57.8 Å². The summed E-state index contributed by atoms with van der Waals surface area (Å²) in [5, 5.41) is 15.6. The van der Waals surface area contributed by atoms with E-state index in [4.69, 9.17) is 4.99 Å². The second-order valence-electron chi connectivity index (χ2n) is 8.43. The van der Waals surface area contributed by atoms with E-state index in [1.54, 1.807) is 0 Å². The molecule has 2 fully saturated rings. The van der Waals surface area contributed by atoms with Gasteiger partial charge in [0, 0.05) is 24.8 Å². The summed E-state index contributed by atoms with van der Waals surface area (Å²) in [5.41, 5.74) is 1.15. The molecule has 2 N–H and O–H groups in total. The number of pyridine rings is 1. The van der Waals surface area contributed by atoms with E-state index in [0.29, 0.717) is 6.54 Å². The standard InChI is InChI=1S/C22H35N7.HI/c1-2-23-21(24-17-20-27-26-19-11-5-10-16-29(19)20)25-18-22(12-6-3-7-13-22)28-14-8-4-9-15-28;/h5,10-11,16H,2-4,6-9,12-15,17-18H2,1H3,(H2,23,24,25);1H. The quantitative estimate of drug-likeness (QED) is 0.343. The van der Waals surface area contributed by atoms with E-state index in [2.05, 4.69) is 32.7 Å². The highest BCUT2D eigenvalue weighted by molar-refractivity contribution is 14.0. The van der Waals surface area contributed by atoms with E-state index < -0.39 is 0 Å². The van der Waals surface area contributed by atoms with Crippen LogP contribution in [0.15, 0.2) is 29.4 Å². The van der Waals surface area contributed by atoms with Crippen LogP contribution >= 0.6 is 24.0 Å². The highest BCUT2D eigenvalue weighted by Gasteiger charge is 2.38.